The number of hydrazone groups is 1. The van der Waals surface area contributed by atoms with Gasteiger partial charge in [0.05, 0.1) is 5.69 Å². The summed E-state index contributed by atoms with van der Waals surface area (Å²) in [5.74, 6) is 5.51. The minimum Gasteiger partial charge on any atom is -0.477 e. The monoisotopic (exact) mass is 496 g/mol. The summed E-state index contributed by atoms with van der Waals surface area (Å²) < 4.78 is 1.83. The Morgan fingerprint density at radius 2 is 1.70 bits per heavy atom. The van der Waals surface area contributed by atoms with Gasteiger partial charge in [-0.25, -0.2) is 21.2 Å². The van der Waals surface area contributed by atoms with Gasteiger partial charge in [-0.05, 0) is 52.8 Å². The first-order valence-corrected chi connectivity index (χ1v) is 12.4. The van der Waals surface area contributed by atoms with E-state index < -0.39 is 5.97 Å². The molecule has 6 N–H and O–H groups in total. The Bertz CT molecular complexity index is 1410. The molecule has 1 heterocycles. The lowest BCUT2D eigenvalue weighted by Gasteiger charge is -2.14. The number of carboxylic acid groups (broad SMARTS) is 1. The van der Waals surface area contributed by atoms with Crippen molar-refractivity contribution in [2.75, 3.05) is 0 Å². The lowest BCUT2D eigenvalue weighted by Crippen LogP contribution is -2.23. The molecule has 3 aromatic carbocycles. The molecular formula is C29H32N6O2. The predicted octanol–water partition coefficient (Wildman–Crippen LogP) is 4.56. The van der Waals surface area contributed by atoms with E-state index in [0.29, 0.717) is 18.7 Å². The fourth-order valence-corrected chi connectivity index (χ4v) is 4.54. The number of nitrogens with two attached hydrogens (primary N) is 2. The van der Waals surface area contributed by atoms with Crippen molar-refractivity contribution in [2.45, 2.75) is 39.7 Å². The third-order valence-corrected chi connectivity index (χ3v) is 6.32. The van der Waals surface area contributed by atoms with Crippen LogP contribution in [0.15, 0.2) is 77.9 Å². The second-order valence-electron chi connectivity index (χ2n) is 8.77. The summed E-state index contributed by atoms with van der Waals surface area (Å²) in [6, 6.07) is 24.2. The van der Waals surface area contributed by atoms with Gasteiger partial charge in [0.2, 0.25) is 0 Å². The highest BCUT2D eigenvalue weighted by molar-refractivity contribution is 6.04. The molecule has 0 bridgehead atoms. The maximum Gasteiger partial charge on any atom is 0.354 e. The van der Waals surface area contributed by atoms with Crippen LogP contribution in [0.1, 0.15) is 53.4 Å². The average Bonchev–Trinajstić information content (AvgIpc) is 3.26. The predicted molar refractivity (Wildman–Crippen MR) is 147 cm³/mol. The van der Waals surface area contributed by atoms with Gasteiger partial charge in [0.1, 0.15) is 5.82 Å². The average molecular weight is 497 g/mol. The topological polar surface area (TPSA) is 132 Å². The molecule has 0 unspecified atom stereocenters. The van der Waals surface area contributed by atoms with Gasteiger partial charge in [0.25, 0.3) is 0 Å². The molecule has 4 aromatic rings. The van der Waals surface area contributed by atoms with Gasteiger partial charge in [0.15, 0.2) is 11.5 Å². The number of nitrogens with one attached hydrogen (secondary N) is 1. The summed E-state index contributed by atoms with van der Waals surface area (Å²) in [6.45, 7) is 4.43. The second kappa shape index (κ2) is 11.5. The molecule has 0 saturated carbocycles. The van der Waals surface area contributed by atoms with Crippen LogP contribution in [0.2, 0.25) is 0 Å². The number of hydrazine groups is 1. The van der Waals surface area contributed by atoms with Gasteiger partial charge in [-0.15, -0.1) is 5.10 Å². The molecule has 4 rings (SSSR count). The van der Waals surface area contributed by atoms with Crippen LogP contribution in [-0.4, -0.2) is 26.5 Å². The van der Waals surface area contributed by atoms with E-state index in [1.807, 2.05) is 66.1 Å². The summed E-state index contributed by atoms with van der Waals surface area (Å²) >= 11 is 0. The molecule has 0 fully saturated rings. The lowest BCUT2D eigenvalue weighted by molar-refractivity contribution is 0.0684. The first kappa shape index (κ1) is 25.7. The number of imidazole rings is 1. The Morgan fingerprint density at radius 1 is 1.00 bits per heavy atom. The minimum absolute atomic E-state index is 0.270. The van der Waals surface area contributed by atoms with Crippen molar-refractivity contribution >= 4 is 11.8 Å². The normalized spacial score (nSPS) is 11.5. The van der Waals surface area contributed by atoms with Gasteiger partial charge in [-0.2, -0.15) is 0 Å². The van der Waals surface area contributed by atoms with Gasteiger partial charge in [0, 0.05) is 18.5 Å². The van der Waals surface area contributed by atoms with Gasteiger partial charge < -0.3 is 15.4 Å². The zero-order valence-corrected chi connectivity index (χ0v) is 21.1. The van der Waals surface area contributed by atoms with E-state index in [2.05, 4.69) is 40.7 Å². The highest BCUT2D eigenvalue weighted by atomic mass is 16.4. The zero-order valence-electron chi connectivity index (χ0n) is 21.1. The molecule has 0 amide bonds. The van der Waals surface area contributed by atoms with Crippen molar-refractivity contribution in [2.24, 2.45) is 16.7 Å². The van der Waals surface area contributed by atoms with Gasteiger partial charge >= 0.3 is 5.97 Å². The number of nitrogens with zero attached hydrogens (tertiary/aromatic N) is 3. The maximum absolute atomic E-state index is 12.1. The number of rotatable bonds is 10. The van der Waals surface area contributed by atoms with Gasteiger partial charge in [-0.1, -0.05) is 74.5 Å². The molecule has 190 valence electrons. The summed E-state index contributed by atoms with van der Waals surface area (Å²) in [5, 5.41) is 13.9. The van der Waals surface area contributed by atoms with E-state index in [9.17, 15) is 9.90 Å². The summed E-state index contributed by atoms with van der Waals surface area (Å²) in [5.41, 5.74) is 15.1. The van der Waals surface area contributed by atoms with Crippen LogP contribution in [0.3, 0.4) is 0 Å². The summed E-state index contributed by atoms with van der Waals surface area (Å²) in [7, 11) is 0. The number of hydrogen-bond acceptors (Lipinski definition) is 5. The molecule has 8 heteroatoms. The lowest BCUT2D eigenvalue weighted by atomic mass is 9.93. The summed E-state index contributed by atoms with van der Waals surface area (Å²) in [6.07, 6.45) is 2.19. The van der Waals surface area contributed by atoms with Crippen molar-refractivity contribution in [3.05, 3.63) is 101 Å². The molecule has 0 aliphatic rings. The molecule has 0 radical (unpaired) electrons. The summed E-state index contributed by atoms with van der Waals surface area (Å²) in [4.78, 5) is 16.7. The standard InChI is InChI=1S/C29H32N6O2/c1-3-8-26-32-25(4-2)27(29(36)37)35(26)18-19-11-13-21(14-12-19)24-17-22(20-9-6-5-7-10-20)15-16-23(24)28(30)33-34-31/h5-7,9-17,34H,3-4,8,18,31H2,1-2H3,(H2,30,33)(H,36,37). The van der Waals surface area contributed by atoms with Crippen LogP contribution in [0, 0.1) is 0 Å². The molecule has 0 spiro atoms. The Kier molecular flexibility index (Phi) is 8.00. The number of aromatic carboxylic acids is 1. The minimum atomic E-state index is -0.950. The van der Waals surface area contributed by atoms with Crippen molar-refractivity contribution in [3.8, 4) is 22.3 Å². The molecule has 1 aromatic heterocycles. The third-order valence-electron chi connectivity index (χ3n) is 6.32. The van der Waals surface area contributed by atoms with E-state index in [4.69, 9.17) is 11.6 Å². The molecular weight excluding hydrogens is 464 g/mol. The fourth-order valence-electron chi connectivity index (χ4n) is 4.54. The smallest absolute Gasteiger partial charge is 0.354 e. The Labute approximate surface area is 216 Å². The quantitative estimate of drug-likeness (QED) is 0.110. The number of benzene rings is 3. The number of carboxylic acids is 1. The van der Waals surface area contributed by atoms with Crippen LogP contribution in [0.5, 0.6) is 0 Å². The Balaban J connectivity index is 1.74. The van der Waals surface area contributed by atoms with Crippen molar-refractivity contribution in [3.63, 3.8) is 0 Å². The third kappa shape index (κ3) is 5.54. The van der Waals surface area contributed by atoms with Crippen molar-refractivity contribution < 1.29 is 9.90 Å². The zero-order chi connectivity index (χ0) is 26.4. The Morgan fingerprint density at radius 3 is 2.32 bits per heavy atom. The molecule has 0 saturated heterocycles. The maximum atomic E-state index is 12.1. The largest absolute Gasteiger partial charge is 0.477 e. The first-order chi connectivity index (χ1) is 18.0. The van der Waals surface area contributed by atoms with Crippen LogP contribution >= 0.6 is 0 Å². The van der Waals surface area contributed by atoms with Crippen molar-refractivity contribution in [1.29, 1.82) is 0 Å². The van der Waals surface area contributed by atoms with Crippen LogP contribution < -0.4 is 17.1 Å². The number of hydrogen-bond donors (Lipinski definition) is 4. The van der Waals surface area contributed by atoms with E-state index in [-0.39, 0.29) is 11.5 Å². The van der Waals surface area contributed by atoms with Crippen LogP contribution in [0.4, 0.5) is 0 Å². The number of aromatic nitrogens is 2. The van der Waals surface area contributed by atoms with E-state index >= 15 is 0 Å². The molecule has 37 heavy (non-hydrogen) atoms. The van der Waals surface area contributed by atoms with E-state index in [1.165, 1.54) is 0 Å². The van der Waals surface area contributed by atoms with Crippen molar-refractivity contribution in [1.82, 2.24) is 15.1 Å². The number of aryl methyl sites for hydroxylation is 2. The second-order valence-corrected chi connectivity index (χ2v) is 8.77. The SMILES string of the molecule is CCCc1nc(CC)c(C(=O)O)n1Cc1ccc(-c2cc(-c3ccccc3)ccc2/C(N)=N/NN)cc1. The Hall–Kier alpha value is -4.43. The van der Waals surface area contributed by atoms with E-state index in [0.717, 1.165) is 52.0 Å². The van der Waals surface area contributed by atoms with Gasteiger partial charge in [-0.3, -0.25) is 0 Å². The fraction of sp³-hybridized carbons (Fsp3) is 0.207. The molecule has 0 atom stereocenters. The molecule has 0 aliphatic carbocycles. The van der Waals surface area contributed by atoms with Crippen LogP contribution in [-0.2, 0) is 19.4 Å². The van der Waals surface area contributed by atoms with Crippen LogP contribution in [0.25, 0.3) is 22.3 Å². The first-order valence-electron chi connectivity index (χ1n) is 12.4. The number of amidine groups is 1. The highest BCUT2D eigenvalue weighted by Gasteiger charge is 2.21. The molecule has 8 nitrogen and oxygen atoms in total. The van der Waals surface area contributed by atoms with E-state index in [1.54, 1.807) is 0 Å². The number of carbonyl (C=O) groups is 1. The highest BCUT2D eigenvalue weighted by Crippen LogP contribution is 2.30. The molecule has 0 aliphatic heterocycles.